The molecular weight excluding hydrogens is 305 g/mol. The van der Waals surface area contributed by atoms with Crippen molar-refractivity contribution < 1.29 is 28.1 Å². The van der Waals surface area contributed by atoms with Crippen LogP contribution < -0.4 is 0 Å². The molecule has 0 aromatic carbocycles. The number of ether oxygens (including phenoxy) is 2. The van der Waals surface area contributed by atoms with Crippen molar-refractivity contribution in [1.29, 1.82) is 0 Å². The first-order valence-corrected chi connectivity index (χ1v) is 8.96. The third kappa shape index (κ3) is 11.4. The summed E-state index contributed by atoms with van der Waals surface area (Å²) < 4.78 is 22.6. The molecule has 0 spiro atoms. The number of unbranched alkanes of at least 4 members (excludes halogenated alkanes) is 1. The summed E-state index contributed by atoms with van der Waals surface area (Å²) in [7, 11) is 4.38. The van der Waals surface area contributed by atoms with E-state index in [9.17, 15) is 14.2 Å². The van der Waals surface area contributed by atoms with Crippen molar-refractivity contribution in [2.75, 3.05) is 40.5 Å². The van der Waals surface area contributed by atoms with Crippen LogP contribution in [0.15, 0.2) is 12.2 Å². The van der Waals surface area contributed by atoms with Gasteiger partial charge in [-0.05, 0) is 6.42 Å². The predicted molar refractivity (Wildman–Crippen MR) is 85.9 cm³/mol. The maximum absolute atomic E-state index is 12.0. The molecule has 7 heteroatoms. The van der Waals surface area contributed by atoms with Gasteiger partial charge in [-0.1, -0.05) is 17.9 Å². The first-order chi connectivity index (χ1) is 10.2. The lowest BCUT2D eigenvalue weighted by atomic mass is 10.4. The monoisotopic (exact) mass is 333 g/mol. The van der Waals surface area contributed by atoms with Gasteiger partial charge >= 0.3 is 19.7 Å². The molecular formula is C15H28NO5P+2. The molecule has 0 saturated heterocycles. The Morgan fingerprint density at radius 1 is 1.18 bits per heavy atom. The van der Waals surface area contributed by atoms with E-state index in [1.165, 1.54) is 0 Å². The van der Waals surface area contributed by atoms with E-state index in [0.717, 1.165) is 31.5 Å². The highest BCUT2D eigenvalue weighted by molar-refractivity contribution is 7.45. The van der Waals surface area contributed by atoms with Gasteiger partial charge in [0.2, 0.25) is 0 Å². The van der Waals surface area contributed by atoms with E-state index in [2.05, 4.69) is 0 Å². The first kappa shape index (κ1) is 20.7. The molecule has 0 aromatic rings. The maximum Gasteiger partial charge on any atom is 0.388 e. The molecule has 22 heavy (non-hydrogen) atoms. The van der Waals surface area contributed by atoms with Gasteiger partial charge in [-0.25, -0.2) is 9.59 Å². The lowest BCUT2D eigenvalue weighted by molar-refractivity contribution is -0.867. The van der Waals surface area contributed by atoms with Crippen molar-refractivity contribution in [3.05, 3.63) is 12.2 Å². The number of nitrogens with zero attached hydrogens (tertiary/aromatic N) is 1. The molecule has 0 aliphatic rings. The van der Waals surface area contributed by atoms with Crippen LogP contribution in [0.1, 0.15) is 26.7 Å². The Labute approximate surface area is 133 Å². The molecule has 0 N–H and O–H groups in total. The summed E-state index contributed by atoms with van der Waals surface area (Å²) in [6.45, 7) is 4.65. The minimum Gasteiger partial charge on any atom is -0.463 e. The fourth-order valence-electron chi connectivity index (χ4n) is 1.35. The summed E-state index contributed by atoms with van der Waals surface area (Å²) in [4.78, 5) is 22.8. The van der Waals surface area contributed by atoms with Crippen LogP contribution in [-0.2, 0) is 23.6 Å². The number of esters is 2. The van der Waals surface area contributed by atoms with Gasteiger partial charge < -0.3 is 14.0 Å². The fourth-order valence-corrected chi connectivity index (χ4v) is 2.73. The van der Waals surface area contributed by atoms with Crippen LogP contribution in [0.25, 0.3) is 0 Å². The third-order valence-electron chi connectivity index (χ3n) is 2.78. The van der Waals surface area contributed by atoms with E-state index < -0.39 is 25.6 Å². The second-order valence-corrected chi connectivity index (χ2v) is 8.05. The summed E-state index contributed by atoms with van der Waals surface area (Å²) >= 11 is 0. The highest BCUT2D eigenvalue weighted by atomic mass is 31.1. The van der Waals surface area contributed by atoms with Gasteiger partial charge in [0, 0.05) is 19.1 Å². The zero-order valence-corrected chi connectivity index (χ0v) is 15.1. The molecule has 126 valence electrons. The van der Waals surface area contributed by atoms with E-state index in [0.29, 0.717) is 17.3 Å². The minimum atomic E-state index is -1.64. The van der Waals surface area contributed by atoms with Crippen molar-refractivity contribution in [2.45, 2.75) is 32.5 Å². The van der Waals surface area contributed by atoms with Crippen LogP contribution in [0.2, 0.25) is 0 Å². The van der Waals surface area contributed by atoms with Crippen molar-refractivity contribution in [2.24, 2.45) is 0 Å². The van der Waals surface area contributed by atoms with Crippen LogP contribution in [0, 0.1) is 0 Å². The summed E-state index contributed by atoms with van der Waals surface area (Å²) in [6.07, 6.45) is 4.23. The smallest absolute Gasteiger partial charge is 0.388 e. The largest absolute Gasteiger partial charge is 0.463 e. The van der Waals surface area contributed by atoms with Crippen LogP contribution in [0.3, 0.4) is 0 Å². The molecule has 0 aliphatic carbocycles. The van der Waals surface area contributed by atoms with E-state index in [-0.39, 0.29) is 0 Å². The average molecular weight is 333 g/mol. The minimum absolute atomic E-state index is 0.335. The maximum atomic E-state index is 12.0. The molecule has 2 unspecified atom stereocenters. The molecule has 2 atom stereocenters. The van der Waals surface area contributed by atoms with E-state index >= 15 is 0 Å². The molecule has 0 amide bonds. The van der Waals surface area contributed by atoms with Crippen molar-refractivity contribution >= 4 is 19.7 Å². The van der Waals surface area contributed by atoms with Gasteiger partial charge in [-0.2, -0.15) is 0 Å². The zero-order chi connectivity index (χ0) is 17.2. The Morgan fingerprint density at radius 2 is 1.77 bits per heavy atom. The van der Waals surface area contributed by atoms with Gasteiger partial charge in [0.05, 0.1) is 27.7 Å². The molecule has 0 heterocycles. The fraction of sp³-hybridized carbons (Fsp3) is 0.733. The summed E-state index contributed by atoms with van der Waals surface area (Å²) in [5.41, 5.74) is 0. The molecule has 0 rings (SSSR count). The van der Waals surface area contributed by atoms with E-state index in [4.69, 9.17) is 9.47 Å². The lowest BCUT2D eigenvalue weighted by Gasteiger charge is -2.21. The highest BCUT2D eigenvalue weighted by Crippen LogP contribution is 2.28. The second kappa shape index (κ2) is 10.5. The third-order valence-corrected chi connectivity index (χ3v) is 4.34. The van der Waals surface area contributed by atoms with E-state index in [1.807, 2.05) is 28.1 Å². The summed E-state index contributed by atoms with van der Waals surface area (Å²) in [5, 5.41) is 0. The molecule has 0 bridgehead atoms. The Balaban J connectivity index is 4.13. The summed E-state index contributed by atoms with van der Waals surface area (Å²) in [5.74, 6) is -1.93. The molecule has 6 nitrogen and oxygen atoms in total. The Kier molecular flexibility index (Phi) is 9.86. The molecule has 0 aromatic heterocycles. The standard InChI is InChI=1S/C15H28NO5P/c1-6-7-11-20-14(17)8-9-15(18)21-13(2)22(19)12-10-16(3,4)5/h8-9,13H,6-7,10-12H2,1-5H3/q+2/b9-8+. The number of hydrogen-bond acceptors (Lipinski definition) is 5. The number of quaternary nitrogens is 1. The van der Waals surface area contributed by atoms with Crippen LogP contribution in [0.5, 0.6) is 0 Å². The highest BCUT2D eigenvalue weighted by Gasteiger charge is 2.30. The van der Waals surface area contributed by atoms with Crippen molar-refractivity contribution in [3.8, 4) is 0 Å². The number of carbonyl (C=O) groups is 2. The van der Waals surface area contributed by atoms with Crippen LogP contribution in [-0.4, -0.2) is 62.7 Å². The van der Waals surface area contributed by atoms with E-state index in [1.54, 1.807) is 6.92 Å². The number of rotatable bonds is 10. The zero-order valence-electron chi connectivity index (χ0n) is 14.2. The first-order valence-electron chi connectivity index (χ1n) is 7.45. The lowest BCUT2D eigenvalue weighted by Crippen LogP contribution is -2.36. The molecule has 0 radical (unpaired) electrons. The quantitative estimate of drug-likeness (QED) is 0.202. The number of hydrogen-bond donors (Lipinski definition) is 0. The van der Waals surface area contributed by atoms with Crippen molar-refractivity contribution in [3.63, 3.8) is 0 Å². The Morgan fingerprint density at radius 3 is 2.32 bits per heavy atom. The Hall–Kier alpha value is -1.26. The van der Waals surface area contributed by atoms with Gasteiger partial charge in [0.25, 0.3) is 5.85 Å². The van der Waals surface area contributed by atoms with Crippen molar-refractivity contribution in [1.82, 2.24) is 0 Å². The molecule has 0 aliphatic heterocycles. The topological polar surface area (TPSA) is 69.7 Å². The number of carbonyl (C=O) groups excluding carboxylic acids is 2. The van der Waals surface area contributed by atoms with Gasteiger partial charge in [-0.3, -0.25) is 0 Å². The van der Waals surface area contributed by atoms with Gasteiger partial charge in [0.1, 0.15) is 6.54 Å². The normalized spacial score (nSPS) is 13.8. The molecule has 0 saturated carbocycles. The van der Waals surface area contributed by atoms with Crippen LogP contribution >= 0.6 is 7.80 Å². The SMILES string of the molecule is CCCCOC(=O)/C=C/C(=O)OC(C)[P+](=O)CC[N+](C)(C)C. The summed E-state index contributed by atoms with van der Waals surface area (Å²) in [6, 6.07) is 0. The van der Waals surface area contributed by atoms with Gasteiger partial charge in [0.15, 0.2) is 6.16 Å². The predicted octanol–water partition coefficient (Wildman–Crippen LogP) is 2.31. The second-order valence-electron chi connectivity index (χ2n) is 6.05. The Bertz CT molecular complexity index is 415. The van der Waals surface area contributed by atoms with Crippen LogP contribution in [0.4, 0.5) is 0 Å². The van der Waals surface area contributed by atoms with Gasteiger partial charge in [-0.15, -0.1) is 0 Å². The average Bonchev–Trinajstić information content (AvgIpc) is 2.42. The molecule has 0 fully saturated rings.